The molecule has 3 aromatic carbocycles. The molecule has 1 aliphatic heterocycles. The van der Waals surface area contributed by atoms with Gasteiger partial charge in [0.05, 0.1) is 46.1 Å². The van der Waals surface area contributed by atoms with E-state index in [0.29, 0.717) is 40.7 Å². The number of carbonyl (C=O) groups is 2. The summed E-state index contributed by atoms with van der Waals surface area (Å²) in [5, 5.41) is 11.5. The molecule has 0 bridgehead atoms. The number of ketones is 1. The predicted molar refractivity (Wildman–Crippen MR) is 147 cm³/mol. The Labute approximate surface area is 228 Å². The second kappa shape index (κ2) is 11.9. The van der Waals surface area contributed by atoms with E-state index in [1.165, 1.54) is 19.1 Å². The first-order valence-electron chi connectivity index (χ1n) is 12.7. The van der Waals surface area contributed by atoms with Gasteiger partial charge in [-0.05, 0) is 60.9 Å². The molecule has 3 aromatic rings. The van der Waals surface area contributed by atoms with Crippen LogP contribution in [-0.4, -0.2) is 49.6 Å². The van der Waals surface area contributed by atoms with Gasteiger partial charge in [0.15, 0.2) is 11.5 Å². The number of hydrogen-bond acceptors (Lipinski definition) is 7. The van der Waals surface area contributed by atoms with Crippen molar-refractivity contribution in [2.45, 2.75) is 32.9 Å². The molecule has 1 atom stereocenters. The van der Waals surface area contributed by atoms with Crippen molar-refractivity contribution in [3.63, 3.8) is 0 Å². The largest absolute Gasteiger partial charge is 0.507 e. The number of para-hydroxylation sites is 1. The van der Waals surface area contributed by atoms with Crippen LogP contribution in [0.25, 0.3) is 5.76 Å². The Hall–Kier alpha value is -4.46. The van der Waals surface area contributed by atoms with Crippen LogP contribution in [0, 0.1) is 6.92 Å². The topological polar surface area (TPSA) is 94.5 Å². The molecule has 0 aliphatic carbocycles. The summed E-state index contributed by atoms with van der Waals surface area (Å²) < 4.78 is 22.1. The van der Waals surface area contributed by atoms with Crippen molar-refractivity contribution in [1.82, 2.24) is 4.90 Å². The third-order valence-electron chi connectivity index (χ3n) is 6.71. The molecule has 8 nitrogen and oxygen atoms in total. The van der Waals surface area contributed by atoms with Crippen LogP contribution in [0.2, 0.25) is 0 Å². The number of aliphatic hydroxyl groups excluding tert-OH is 1. The fourth-order valence-corrected chi connectivity index (χ4v) is 4.76. The third-order valence-corrected chi connectivity index (χ3v) is 6.71. The molecular formula is C31H33NO7. The van der Waals surface area contributed by atoms with E-state index in [1.54, 1.807) is 49.6 Å². The maximum Gasteiger partial charge on any atom is 0.295 e. The zero-order valence-electron chi connectivity index (χ0n) is 22.8. The molecule has 0 aromatic heterocycles. The number of Topliss-reactive ketones (excluding diaryl/α,β-unsaturated/α-hetero) is 1. The maximum atomic E-state index is 13.5. The van der Waals surface area contributed by atoms with Crippen molar-refractivity contribution < 1.29 is 33.6 Å². The Bertz CT molecular complexity index is 1410. The summed E-state index contributed by atoms with van der Waals surface area (Å²) in [5.41, 5.74) is 2.52. The van der Waals surface area contributed by atoms with Crippen molar-refractivity contribution in [1.29, 1.82) is 0 Å². The number of rotatable bonds is 10. The Balaban J connectivity index is 1.87. The highest BCUT2D eigenvalue weighted by Gasteiger charge is 2.46. The van der Waals surface area contributed by atoms with Crippen LogP contribution in [0.1, 0.15) is 41.6 Å². The maximum absolute atomic E-state index is 13.5. The van der Waals surface area contributed by atoms with Gasteiger partial charge >= 0.3 is 0 Å². The third kappa shape index (κ3) is 5.41. The average Bonchev–Trinajstić information content (AvgIpc) is 3.20. The number of aryl methyl sites for hydroxylation is 1. The van der Waals surface area contributed by atoms with E-state index in [2.05, 4.69) is 0 Å². The number of amides is 1. The number of hydrogen-bond donors (Lipinski definition) is 1. The van der Waals surface area contributed by atoms with Gasteiger partial charge in [-0.3, -0.25) is 9.59 Å². The Morgan fingerprint density at radius 1 is 0.872 bits per heavy atom. The highest BCUT2D eigenvalue weighted by atomic mass is 16.5. The van der Waals surface area contributed by atoms with Crippen LogP contribution in [0.4, 0.5) is 0 Å². The predicted octanol–water partition coefficient (Wildman–Crippen LogP) is 5.43. The van der Waals surface area contributed by atoms with Crippen LogP contribution < -0.4 is 18.9 Å². The molecule has 0 radical (unpaired) electrons. The number of likely N-dealkylation sites (tertiary alicyclic amines) is 1. The minimum atomic E-state index is -0.883. The van der Waals surface area contributed by atoms with Crippen LogP contribution in [0.5, 0.6) is 23.0 Å². The van der Waals surface area contributed by atoms with Gasteiger partial charge in [-0.2, -0.15) is 0 Å². The molecule has 4 rings (SSSR count). The van der Waals surface area contributed by atoms with E-state index in [0.717, 1.165) is 17.5 Å². The number of benzene rings is 3. The number of carbonyl (C=O) groups excluding carboxylic acids is 2. The first kappa shape index (κ1) is 27.6. The quantitative estimate of drug-likeness (QED) is 0.212. The molecule has 1 aliphatic rings. The Morgan fingerprint density at radius 3 is 2.23 bits per heavy atom. The van der Waals surface area contributed by atoms with Gasteiger partial charge < -0.3 is 29.0 Å². The number of aliphatic hydroxyl groups is 1. The molecule has 0 spiro atoms. The van der Waals surface area contributed by atoms with E-state index in [1.807, 2.05) is 32.0 Å². The van der Waals surface area contributed by atoms with E-state index in [-0.39, 0.29) is 17.9 Å². The van der Waals surface area contributed by atoms with Gasteiger partial charge in [0.25, 0.3) is 11.7 Å². The highest BCUT2D eigenvalue weighted by Crippen LogP contribution is 2.43. The van der Waals surface area contributed by atoms with E-state index < -0.39 is 17.7 Å². The standard InChI is InChI=1S/C31H33NO7/c1-6-15-39-23-13-12-21(16-19(23)2)29(33)27-28(20-11-14-25(37-4)26(17-20)38-5)32(31(35)30(27)34)18-22-9-7-8-10-24(22)36-3/h7-14,16-17,28,33H,6,15,18H2,1-5H3/b29-27-. The summed E-state index contributed by atoms with van der Waals surface area (Å²) in [4.78, 5) is 28.4. The monoisotopic (exact) mass is 531 g/mol. The minimum absolute atomic E-state index is 0.0104. The lowest BCUT2D eigenvalue weighted by atomic mass is 9.94. The summed E-state index contributed by atoms with van der Waals surface area (Å²) in [5.74, 6) is 0.464. The second-order valence-electron chi connectivity index (χ2n) is 9.18. The molecule has 39 heavy (non-hydrogen) atoms. The first-order valence-corrected chi connectivity index (χ1v) is 12.7. The van der Waals surface area contributed by atoms with Gasteiger partial charge in [0.2, 0.25) is 0 Å². The molecule has 1 amide bonds. The molecule has 1 heterocycles. The summed E-state index contributed by atoms with van der Waals surface area (Å²) in [6, 6.07) is 16.8. The highest BCUT2D eigenvalue weighted by molar-refractivity contribution is 6.46. The molecule has 1 fully saturated rings. The molecule has 1 N–H and O–H groups in total. The Morgan fingerprint density at radius 2 is 1.56 bits per heavy atom. The average molecular weight is 532 g/mol. The fraction of sp³-hybridized carbons (Fsp3) is 0.290. The fourth-order valence-electron chi connectivity index (χ4n) is 4.76. The summed E-state index contributed by atoms with van der Waals surface area (Å²) in [7, 11) is 4.59. The van der Waals surface area contributed by atoms with Gasteiger partial charge in [-0.25, -0.2) is 0 Å². The molecule has 8 heteroatoms. The lowest BCUT2D eigenvalue weighted by Crippen LogP contribution is -2.29. The van der Waals surface area contributed by atoms with Crippen molar-refractivity contribution in [3.05, 3.63) is 88.5 Å². The van der Waals surface area contributed by atoms with Crippen LogP contribution in [-0.2, 0) is 16.1 Å². The molecule has 1 saturated heterocycles. The molecule has 1 unspecified atom stereocenters. The SMILES string of the molecule is CCCOc1ccc(/C(O)=C2/C(=O)C(=O)N(Cc3ccccc3OC)C2c2ccc(OC)c(OC)c2)cc1C. The summed E-state index contributed by atoms with van der Waals surface area (Å²) >= 11 is 0. The van der Waals surface area contributed by atoms with Gasteiger partial charge in [-0.1, -0.05) is 31.2 Å². The van der Waals surface area contributed by atoms with Crippen molar-refractivity contribution in [3.8, 4) is 23.0 Å². The normalized spacial score (nSPS) is 16.3. The van der Waals surface area contributed by atoms with Crippen molar-refractivity contribution >= 4 is 17.4 Å². The van der Waals surface area contributed by atoms with Gasteiger partial charge in [0, 0.05) is 11.1 Å². The number of nitrogens with zero attached hydrogens (tertiary/aromatic N) is 1. The second-order valence-corrected chi connectivity index (χ2v) is 9.18. The zero-order valence-corrected chi connectivity index (χ0v) is 22.8. The van der Waals surface area contributed by atoms with E-state index in [4.69, 9.17) is 18.9 Å². The van der Waals surface area contributed by atoms with Gasteiger partial charge in [0.1, 0.15) is 17.3 Å². The summed E-state index contributed by atoms with van der Waals surface area (Å²) in [6.07, 6.45) is 0.863. The number of ether oxygens (including phenoxy) is 4. The molecular weight excluding hydrogens is 498 g/mol. The van der Waals surface area contributed by atoms with Crippen molar-refractivity contribution in [2.75, 3.05) is 27.9 Å². The van der Waals surface area contributed by atoms with Crippen molar-refractivity contribution in [2.24, 2.45) is 0 Å². The Kier molecular flexibility index (Phi) is 8.44. The molecule has 0 saturated carbocycles. The van der Waals surface area contributed by atoms with E-state index in [9.17, 15) is 14.7 Å². The minimum Gasteiger partial charge on any atom is -0.507 e. The molecule has 204 valence electrons. The smallest absolute Gasteiger partial charge is 0.295 e. The van der Waals surface area contributed by atoms with E-state index >= 15 is 0 Å². The summed E-state index contributed by atoms with van der Waals surface area (Å²) in [6.45, 7) is 4.55. The van der Waals surface area contributed by atoms with Crippen LogP contribution in [0.15, 0.2) is 66.2 Å². The van der Waals surface area contributed by atoms with Crippen LogP contribution >= 0.6 is 0 Å². The lowest BCUT2D eigenvalue weighted by Gasteiger charge is -2.26. The first-order chi connectivity index (χ1) is 18.8. The lowest BCUT2D eigenvalue weighted by molar-refractivity contribution is -0.140. The van der Waals surface area contributed by atoms with Gasteiger partial charge in [-0.15, -0.1) is 0 Å². The van der Waals surface area contributed by atoms with Crippen LogP contribution in [0.3, 0.4) is 0 Å². The number of methoxy groups -OCH3 is 3. The zero-order chi connectivity index (χ0) is 28.1.